The third-order valence-corrected chi connectivity index (χ3v) is 4.80. The normalized spacial score (nSPS) is 12.8. The van der Waals surface area contributed by atoms with E-state index in [4.69, 9.17) is 9.47 Å². The number of ether oxygens (including phenoxy) is 2. The van der Waals surface area contributed by atoms with Crippen molar-refractivity contribution >= 4 is 34.3 Å². The van der Waals surface area contributed by atoms with Crippen LogP contribution >= 0.6 is 0 Å². The number of anilines is 1. The van der Waals surface area contributed by atoms with Crippen LogP contribution in [0.3, 0.4) is 0 Å². The topological polar surface area (TPSA) is 97.5 Å². The van der Waals surface area contributed by atoms with Crippen LogP contribution in [0.2, 0.25) is 0 Å². The number of benzene rings is 2. The summed E-state index contributed by atoms with van der Waals surface area (Å²) in [4.78, 5) is 38.9. The molecule has 1 amide bonds. The second kappa shape index (κ2) is 8.18. The van der Waals surface area contributed by atoms with Gasteiger partial charge in [0.05, 0.1) is 5.69 Å². The average Bonchev–Trinajstić information content (AvgIpc) is 3.14. The molecular formula is C22H20N2O5. The molecule has 1 aliphatic rings. The highest BCUT2D eigenvalue weighted by Gasteiger charge is 2.18. The van der Waals surface area contributed by atoms with Gasteiger partial charge in [-0.15, -0.1) is 0 Å². The summed E-state index contributed by atoms with van der Waals surface area (Å²) in [7, 11) is 0. The molecule has 7 nitrogen and oxygen atoms in total. The van der Waals surface area contributed by atoms with Crippen LogP contribution in [0.4, 0.5) is 5.69 Å². The largest absolute Gasteiger partial charge is 0.482 e. The fourth-order valence-corrected chi connectivity index (χ4v) is 3.32. The van der Waals surface area contributed by atoms with Gasteiger partial charge in [0.1, 0.15) is 5.75 Å². The summed E-state index contributed by atoms with van der Waals surface area (Å²) < 4.78 is 10.4. The number of amides is 1. The number of Topliss-reactive ketones (excluding diaryl/α,β-unsaturated/α-hetero) is 1. The smallest absolute Gasteiger partial charge is 0.306 e. The monoisotopic (exact) mass is 392 g/mol. The SMILES string of the molecule is O=C1COc2ccc(C(=O)COC(=O)CCCc3c[nH]c4ccccc34)cc2N1. The quantitative estimate of drug-likeness (QED) is 0.475. The first-order chi connectivity index (χ1) is 14.1. The van der Waals surface area contributed by atoms with Gasteiger partial charge in [-0.3, -0.25) is 14.4 Å². The molecule has 0 fully saturated rings. The third-order valence-electron chi connectivity index (χ3n) is 4.80. The molecule has 0 spiro atoms. The summed E-state index contributed by atoms with van der Waals surface area (Å²) in [5.74, 6) is -0.510. The van der Waals surface area contributed by atoms with Crippen molar-refractivity contribution in [2.75, 3.05) is 18.5 Å². The van der Waals surface area contributed by atoms with Crippen molar-refractivity contribution in [3.8, 4) is 5.75 Å². The molecule has 0 atom stereocenters. The Labute approximate surface area is 167 Å². The van der Waals surface area contributed by atoms with E-state index in [0.29, 0.717) is 23.4 Å². The van der Waals surface area contributed by atoms with E-state index in [1.54, 1.807) is 12.1 Å². The van der Waals surface area contributed by atoms with Crippen LogP contribution in [0.1, 0.15) is 28.8 Å². The van der Waals surface area contributed by atoms with Crippen LogP contribution in [-0.2, 0) is 20.7 Å². The number of nitrogens with one attached hydrogen (secondary N) is 2. The van der Waals surface area contributed by atoms with Gasteiger partial charge in [0, 0.05) is 29.1 Å². The zero-order valence-corrected chi connectivity index (χ0v) is 15.7. The number of rotatable bonds is 7. The minimum Gasteiger partial charge on any atom is -0.482 e. The second-order valence-electron chi connectivity index (χ2n) is 6.84. The number of esters is 1. The first-order valence-corrected chi connectivity index (χ1v) is 9.40. The Morgan fingerprint density at radius 1 is 1.14 bits per heavy atom. The minimum atomic E-state index is -0.409. The van der Waals surface area contributed by atoms with Crippen molar-refractivity contribution in [3.63, 3.8) is 0 Å². The van der Waals surface area contributed by atoms with E-state index < -0.39 is 5.97 Å². The Kier molecular flexibility index (Phi) is 5.29. The zero-order valence-electron chi connectivity index (χ0n) is 15.7. The maximum Gasteiger partial charge on any atom is 0.306 e. The molecule has 0 bridgehead atoms. The van der Waals surface area contributed by atoms with Crippen LogP contribution in [0.15, 0.2) is 48.7 Å². The molecule has 0 saturated carbocycles. The van der Waals surface area contributed by atoms with Crippen LogP contribution in [0.25, 0.3) is 10.9 Å². The molecule has 4 rings (SSSR count). The Balaban J connectivity index is 1.26. The average molecular weight is 392 g/mol. The van der Waals surface area contributed by atoms with Gasteiger partial charge >= 0.3 is 5.97 Å². The summed E-state index contributed by atoms with van der Waals surface area (Å²) >= 11 is 0. The molecule has 0 unspecified atom stereocenters. The standard InChI is InChI=1S/C22H20N2O5/c25-19(14-8-9-20-18(10-14)24-21(26)13-28-20)12-29-22(27)7-3-4-15-11-23-17-6-2-1-5-16(15)17/h1-2,5-6,8-11,23H,3-4,7,12-13H2,(H,24,26). The third kappa shape index (κ3) is 4.29. The van der Waals surface area contributed by atoms with Crippen LogP contribution in [0, 0.1) is 0 Å². The van der Waals surface area contributed by atoms with Crippen molar-refractivity contribution in [1.82, 2.24) is 4.98 Å². The Morgan fingerprint density at radius 3 is 2.90 bits per heavy atom. The number of H-pyrrole nitrogens is 1. The molecule has 0 radical (unpaired) electrons. The number of aryl methyl sites for hydroxylation is 1. The van der Waals surface area contributed by atoms with Crippen molar-refractivity contribution in [2.45, 2.75) is 19.3 Å². The van der Waals surface area contributed by atoms with Crippen molar-refractivity contribution in [1.29, 1.82) is 0 Å². The molecule has 0 aliphatic carbocycles. The lowest BCUT2D eigenvalue weighted by Crippen LogP contribution is -2.25. The number of hydrogen-bond donors (Lipinski definition) is 2. The number of carbonyl (C=O) groups is 3. The van der Waals surface area contributed by atoms with Gasteiger partial charge in [-0.25, -0.2) is 0 Å². The molecule has 3 aromatic rings. The Hall–Kier alpha value is -3.61. The van der Waals surface area contributed by atoms with E-state index in [1.807, 2.05) is 30.5 Å². The summed E-state index contributed by atoms with van der Waals surface area (Å²) in [6.07, 6.45) is 3.58. The fourth-order valence-electron chi connectivity index (χ4n) is 3.32. The highest BCUT2D eigenvalue weighted by molar-refractivity contribution is 6.01. The minimum absolute atomic E-state index is 0.0452. The molecule has 29 heavy (non-hydrogen) atoms. The lowest BCUT2D eigenvalue weighted by molar-refractivity contribution is -0.142. The van der Waals surface area contributed by atoms with Crippen molar-refractivity contribution < 1.29 is 23.9 Å². The highest BCUT2D eigenvalue weighted by atomic mass is 16.5. The Morgan fingerprint density at radius 2 is 2.00 bits per heavy atom. The summed E-state index contributed by atoms with van der Waals surface area (Å²) in [6.45, 7) is -0.379. The molecular weight excluding hydrogens is 372 g/mol. The molecule has 0 saturated heterocycles. The van der Waals surface area contributed by atoms with Crippen molar-refractivity contribution in [3.05, 3.63) is 59.8 Å². The number of carbonyl (C=O) groups excluding carboxylic acids is 3. The van der Waals surface area contributed by atoms with E-state index in [0.717, 1.165) is 22.9 Å². The Bertz CT molecular complexity index is 1090. The predicted molar refractivity (Wildman–Crippen MR) is 107 cm³/mol. The second-order valence-corrected chi connectivity index (χ2v) is 6.84. The summed E-state index contributed by atoms with van der Waals surface area (Å²) in [5, 5.41) is 3.80. The van der Waals surface area contributed by atoms with Gasteiger partial charge in [0.2, 0.25) is 0 Å². The van der Waals surface area contributed by atoms with E-state index in [2.05, 4.69) is 10.3 Å². The van der Waals surface area contributed by atoms with Gasteiger partial charge in [-0.2, -0.15) is 0 Å². The molecule has 1 aliphatic heterocycles. The maximum atomic E-state index is 12.3. The maximum absolute atomic E-state index is 12.3. The van der Waals surface area contributed by atoms with Crippen molar-refractivity contribution in [2.24, 2.45) is 0 Å². The first-order valence-electron chi connectivity index (χ1n) is 9.40. The summed E-state index contributed by atoms with van der Waals surface area (Å²) in [5.41, 5.74) is 3.02. The molecule has 2 N–H and O–H groups in total. The van der Waals surface area contributed by atoms with Gasteiger partial charge in [-0.05, 0) is 42.7 Å². The van der Waals surface area contributed by atoms with E-state index in [1.165, 1.54) is 6.07 Å². The van der Waals surface area contributed by atoms with Gasteiger partial charge in [-0.1, -0.05) is 18.2 Å². The molecule has 7 heteroatoms. The molecule has 148 valence electrons. The lowest BCUT2D eigenvalue weighted by atomic mass is 10.1. The predicted octanol–water partition coefficient (Wildman–Crippen LogP) is 3.25. The van der Waals surface area contributed by atoms with Crippen LogP contribution in [0.5, 0.6) is 5.75 Å². The van der Waals surface area contributed by atoms with Crippen LogP contribution in [-0.4, -0.2) is 35.9 Å². The number of aromatic nitrogens is 1. The first kappa shape index (κ1) is 18.7. The van der Waals surface area contributed by atoms with E-state index in [9.17, 15) is 14.4 Å². The summed E-state index contributed by atoms with van der Waals surface area (Å²) in [6, 6.07) is 12.7. The van der Waals surface area contributed by atoms with Gasteiger partial charge in [0.15, 0.2) is 19.0 Å². The molecule has 2 heterocycles. The zero-order chi connectivity index (χ0) is 20.2. The number of para-hydroxylation sites is 1. The van der Waals surface area contributed by atoms with E-state index in [-0.39, 0.29) is 31.3 Å². The lowest BCUT2D eigenvalue weighted by Gasteiger charge is -2.18. The fraction of sp³-hybridized carbons (Fsp3) is 0.227. The highest BCUT2D eigenvalue weighted by Crippen LogP contribution is 2.28. The molecule has 1 aromatic heterocycles. The number of fused-ring (bicyclic) bond motifs is 2. The van der Waals surface area contributed by atoms with Gasteiger partial charge < -0.3 is 19.8 Å². The number of hydrogen-bond acceptors (Lipinski definition) is 5. The van der Waals surface area contributed by atoms with Crippen LogP contribution < -0.4 is 10.1 Å². The number of aromatic amines is 1. The molecule has 2 aromatic carbocycles. The number of ketones is 1. The van der Waals surface area contributed by atoms with Gasteiger partial charge in [0.25, 0.3) is 5.91 Å². The van der Waals surface area contributed by atoms with E-state index >= 15 is 0 Å².